The van der Waals surface area contributed by atoms with Crippen LogP contribution in [0.3, 0.4) is 0 Å². The monoisotopic (exact) mass is 426 g/mol. The zero-order chi connectivity index (χ0) is 21.3. The van der Waals surface area contributed by atoms with Crippen molar-refractivity contribution in [3.63, 3.8) is 0 Å². The van der Waals surface area contributed by atoms with Crippen molar-refractivity contribution in [1.82, 2.24) is 14.1 Å². The Labute approximate surface area is 175 Å². The van der Waals surface area contributed by atoms with Crippen LogP contribution in [0, 0.1) is 0 Å². The highest BCUT2D eigenvalue weighted by Gasteiger charge is 2.38. The number of hydrogen-bond acceptors (Lipinski definition) is 5. The van der Waals surface area contributed by atoms with Gasteiger partial charge in [-0.15, -0.1) is 0 Å². The Bertz CT molecular complexity index is 1170. The summed E-state index contributed by atoms with van der Waals surface area (Å²) in [5.74, 6) is -0.567. The molecule has 0 saturated heterocycles. The highest BCUT2D eigenvalue weighted by Crippen LogP contribution is 2.33. The van der Waals surface area contributed by atoms with Crippen molar-refractivity contribution >= 4 is 21.6 Å². The minimum absolute atomic E-state index is 0.00221. The van der Waals surface area contributed by atoms with E-state index in [1.807, 2.05) is 0 Å². The predicted molar refractivity (Wildman–Crippen MR) is 112 cm³/mol. The van der Waals surface area contributed by atoms with Gasteiger partial charge in [0.15, 0.2) is 0 Å². The Morgan fingerprint density at radius 1 is 1.13 bits per heavy atom. The average Bonchev–Trinajstić information content (AvgIpc) is 3.14. The normalized spacial score (nSPS) is 16.7. The highest BCUT2D eigenvalue weighted by atomic mass is 32.2. The van der Waals surface area contributed by atoms with Gasteiger partial charge in [0.1, 0.15) is 5.75 Å². The van der Waals surface area contributed by atoms with Gasteiger partial charge >= 0.3 is 0 Å². The van der Waals surface area contributed by atoms with Crippen molar-refractivity contribution in [2.24, 2.45) is 7.05 Å². The van der Waals surface area contributed by atoms with Crippen molar-refractivity contribution in [2.75, 3.05) is 19.0 Å². The van der Waals surface area contributed by atoms with E-state index in [0.29, 0.717) is 22.7 Å². The predicted octanol–water partition coefficient (Wildman–Crippen LogP) is 2.36. The molecule has 1 aliphatic heterocycles. The number of benzene rings is 2. The number of carbonyl (C=O) groups excluding carboxylic acids is 1. The number of anilines is 1. The average molecular weight is 426 g/mol. The van der Waals surface area contributed by atoms with Gasteiger partial charge in [-0.1, -0.05) is 30.3 Å². The Balaban J connectivity index is 1.68. The maximum Gasteiger partial charge on any atom is 0.243 e. The lowest BCUT2D eigenvalue weighted by molar-refractivity contribution is -0.118. The van der Waals surface area contributed by atoms with Gasteiger partial charge in [-0.3, -0.25) is 9.48 Å². The molecule has 156 valence electrons. The molecule has 1 aromatic heterocycles. The number of para-hydroxylation sites is 2. The molecule has 1 atom stereocenters. The van der Waals surface area contributed by atoms with Crippen LogP contribution in [0.5, 0.6) is 5.75 Å². The van der Waals surface area contributed by atoms with Gasteiger partial charge in [0.05, 0.1) is 29.3 Å². The van der Waals surface area contributed by atoms with Crippen molar-refractivity contribution in [3.05, 3.63) is 72.1 Å². The maximum atomic E-state index is 13.2. The number of aryl methyl sites for hydroxylation is 1. The van der Waals surface area contributed by atoms with Crippen LogP contribution in [-0.4, -0.2) is 42.1 Å². The summed E-state index contributed by atoms with van der Waals surface area (Å²) in [6.07, 6.45) is 1.76. The minimum atomic E-state index is -3.76. The molecule has 30 heavy (non-hydrogen) atoms. The van der Waals surface area contributed by atoms with Gasteiger partial charge in [0, 0.05) is 31.9 Å². The van der Waals surface area contributed by atoms with Crippen molar-refractivity contribution in [2.45, 2.75) is 17.4 Å². The van der Waals surface area contributed by atoms with E-state index in [1.54, 1.807) is 72.5 Å². The first-order valence-electron chi connectivity index (χ1n) is 9.41. The Hall–Kier alpha value is -3.17. The number of aromatic nitrogens is 2. The zero-order valence-corrected chi connectivity index (χ0v) is 17.5. The van der Waals surface area contributed by atoms with E-state index in [-0.39, 0.29) is 23.9 Å². The number of methoxy groups -OCH3 is 1. The second-order valence-corrected chi connectivity index (χ2v) is 9.00. The maximum absolute atomic E-state index is 13.2. The SMILES string of the molecule is COc1ccccc1NC(=O)[C@H]1CN(S(=O)(=O)c2ccccc2)Cc2cn(C)nc21. The first-order chi connectivity index (χ1) is 14.4. The summed E-state index contributed by atoms with van der Waals surface area (Å²) < 4.78 is 34.6. The quantitative estimate of drug-likeness (QED) is 0.676. The smallest absolute Gasteiger partial charge is 0.243 e. The number of ether oxygens (including phenoxy) is 1. The largest absolute Gasteiger partial charge is 0.495 e. The zero-order valence-electron chi connectivity index (χ0n) is 16.6. The summed E-state index contributed by atoms with van der Waals surface area (Å²) in [5.41, 5.74) is 1.82. The van der Waals surface area contributed by atoms with Crippen molar-refractivity contribution in [3.8, 4) is 5.75 Å². The number of hydrogen-bond donors (Lipinski definition) is 1. The molecule has 0 radical (unpaired) electrons. The summed E-state index contributed by atoms with van der Waals surface area (Å²) in [4.78, 5) is 13.4. The highest BCUT2D eigenvalue weighted by molar-refractivity contribution is 7.89. The number of fused-ring (bicyclic) bond motifs is 1. The fourth-order valence-corrected chi connectivity index (χ4v) is 5.07. The fourth-order valence-electron chi connectivity index (χ4n) is 3.61. The van der Waals surface area contributed by atoms with E-state index in [1.165, 1.54) is 11.4 Å². The minimum Gasteiger partial charge on any atom is -0.495 e. The molecule has 8 nitrogen and oxygen atoms in total. The van der Waals surface area contributed by atoms with E-state index < -0.39 is 15.9 Å². The standard InChI is InChI=1S/C21H22N4O4S/c1-24-12-15-13-25(30(27,28)16-8-4-3-5-9-16)14-17(20(15)23-24)21(26)22-18-10-6-7-11-19(18)29-2/h3-12,17H,13-14H2,1-2H3,(H,22,26)/t17-/m0/s1. The summed E-state index contributed by atoms with van der Waals surface area (Å²) in [6, 6.07) is 15.3. The third-order valence-electron chi connectivity index (χ3n) is 5.06. The van der Waals surface area contributed by atoms with E-state index in [9.17, 15) is 13.2 Å². The molecule has 0 fully saturated rings. The van der Waals surface area contributed by atoms with Gasteiger partial charge in [0.25, 0.3) is 0 Å². The molecular formula is C21H22N4O4S. The Morgan fingerprint density at radius 3 is 2.57 bits per heavy atom. The molecule has 3 aromatic rings. The number of carbonyl (C=O) groups is 1. The Morgan fingerprint density at radius 2 is 1.83 bits per heavy atom. The van der Waals surface area contributed by atoms with Crippen molar-refractivity contribution < 1.29 is 17.9 Å². The van der Waals surface area contributed by atoms with Crippen LogP contribution in [-0.2, 0) is 28.4 Å². The molecular weight excluding hydrogens is 404 g/mol. The lowest BCUT2D eigenvalue weighted by atomic mass is 9.97. The first kappa shape index (κ1) is 20.1. The summed E-state index contributed by atoms with van der Waals surface area (Å²) in [6.45, 7) is 0.168. The van der Waals surface area contributed by atoms with Crippen LogP contribution in [0.15, 0.2) is 65.7 Å². The van der Waals surface area contributed by atoms with E-state index in [0.717, 1.165) is 0 Å². The molecule has 4 rings (SSSR count). The summed E-state index contributed by atoms with van der Waals surface area (Å²) in [7, 11) is -0.478. The Kier molecular flexibility index (Phi) is 5.31. The molecule has 0 aliphatic carbocycles. The fraction of sp³-hybridized carbons (Fsp3) is 0.238. The van der Waals surface area contributed by atoms with Crippen LogP contribution in [0.1, 0.15) is 17.2 Å². The van der Waals surface area contributed by atoms with Crippen molar-refractivity contribution in [1.29, 1.82) is 0 Å². The van der Waals surface area contributed by atoms with E-state index in [4.69, 9.17) is 4.74 Å². The number of nitrogens with one attached hydrogen (secondary N) is 1. The lowest BCUT2D eigenvalue weighted by Gasteiger charge is -2.30. The first-order valence-corrected chi connectivity index (χ1v) is 10.9. The van der Waals surface area contributed by atoms with Crippen LogP contribution in [0.25, 0.3) is 0 Å². The van der Waals surface area contributed by atoms with Gasteiger partial charge in [-0.25, -0.2) is 8.42 Å². The molecule has 2 heterocycles. The molecule has 9 heteroatoms. The number of rotatable bonds is 5. The lowest BCUT2D eigenvalue weighted by Crippen LogP contribution is -2.41. The second kappa shape index (κ2) is 7.92. The molecule has 1 amide bonds. The van der Waals surface area contributed by atoms with E-state index >= 15 is 0 Å². The van der Waals surface area contributed by atoms with Gasteiger partial charge < -0.3 is 10.1 Å². The third-order valence-corrected chi connectivity index (χ3v) is 6.89. The molecule has 2 aromatic carbocycles. The topological polar surface area (TPSA) is 93.5 Å². The summed E-state index contributed by atoms with van der Waals surface area (Å²) in [5, 5.41) is 7.29. The molecule has 0 bridgehead atoms. The number of nitrogens with zero attached hydrogens (tertiary/aromatic N) is 3. The molecule has 0 spiro atoms. The van der Waals surface area contributed by atoms with Gasteiger partial charge in [0.2, 0.25) is 15.9 Å². The summed E-state index contributed by atoms with van der Waals surface area (Å²) >= 11 is 0. The van der Waals surface area contributed by atoms with Crippen LogP contribution >= 0.6 is 0 Å². The number of sulfonamides is 1. The van der Waals surface area contributed by atoms with E-state index in [2.05, 4.69) is 10.4 Å². The van der Waals surface area contributed by atoms with Crippen LogP contribution < -0.4 is 10.1 Å². The third kappa shape index (κ3) is 3.69. The van der Waals surface area contributed by atoms with Crippen LogP contribution in [0.4, 0.5) is 5.69 Å². The van der Waals surface area contributed by atoms with Crippen LogP contribution in [0.2, 0.25) is 0 Å². The van der Waals surface area contributed by atoms with Gasteiger partial charge in [-0.2, -0.15) is 9.40 Å². The van der Waals surface area contributed by atoms with Gasteiger partial charge in [-0.05, 0) is 24.3 Å². The molecule has 0 saturated carbocycles. The molecule has 1 N–H and O–H groups in total. The molecule has 1 aliphatic rings. The molecule has 0 unspecified atom stereocenters. The number of amides is 1. The second-order valence-electron chi connectivity index (χ2n) is 7.07.